The van der Waals surface area contributed by atoms with Crippen LogP contribution in [-0.4, -0.2) is 19.0 Å². The highest BCUT2D eigenvalue weighted by atomic mass is 19.1. The van der Waals surface area contributed by atoms with Crippen LogP contribution in [0.5, 0.6) is 0 Å². The number of benzene rings is 2. The first-order valence-corrected chi connectivity index (χ1v) is 8.43. The maximum atomic E-state index is 13.9. The quantitative estimate of drug-likeness (QED) is 0.914. The molecule has 4 nitrogen and oxygen atoms in total. The van der Waals surface area contributed by atoms with Crippen LogP contribution in [0.2, 0.25) is 0 Å². The third-order valence-electron chi connectivity index (χ3n) is 4.62. The lowest BCUT2D eigenvalue weighted by atomic mass is 9.99. The Balaban J connectivity index is 1.67. The minimum absolute atomic E-state index is 0.0758. The Bertz CT molecular complexity index is 803. The maximum absolute atomic E-state index is 13.9. The number of nitriles is 1. The third-order valence-corrected chi connectivity index (χ3v) is 4.62. The number of carbonyl (C=O) groups is 1. The van der Waals surface area contributed by atoms with E-state index in [4.69, 9.17) is 5.26 Å². The van der Waals surface area contributed by atoms with Crippen LogP contribution < -0.4 is 10.2 Å². The van der Waals surface area contributed by atoms with Crippen LogP contribution in [0.4, 0.5) is 15.8 Å². The van der Waals surface area contributed by atoms with Crippen molar-refractivity contribution < 1.29 is 9.18 Å². The standard InChI is InChI=1S/C20H20FN3O/c1-14-8-10-24(11-9-14)17-5-3-16(4-6-17)23-20(25)18-7-2-15(13-22)12-19(18)21/h2-7,12,14H,8-11H2,1H3,(H,23,25). The van der Waals surface area contributed by atoms with Crippen LogP contribution in [0.1, 0.15) is 35.7 Å². The summed E-state index contributed by atoms with van der Waals surface area (Å²) in [5.41, 5.74) is 1.86. The number of hydrogen-bond donors (Lipinski definition) is 1. The molecule has 1 heterocycles. The topological polar surface area (TPSA) is 56.1 Å². The van der Waals surface area contributed by atoms with Crippen molar-refractivity contribution >= 4 is 17.3 Å². The van der Waals surface area contributed by atoms with Gasteiger partial charge in [-0.15, -0.1) is 0 Å². The van der Waals surface area contributed by atoms with Crippen molar-refractivity contribution in [2.24, 2.45) is 5.92 Å². The number of anilines is 2. The molecule has 0 spiro atoms. The Morgan fingerprint density at radius 3 is 2.48 bits per heavy atom. The van der Waals surface area contributed by atoms with Gasteiger partial charge in [0.25, 0.3) is 5.91 Å². The van der Waals surface area contributed by atoms with Crippen molar-refractivity contribution in [2.75, 3.05) is 23.3 Å². The molecule has 0 atom stereocenters. The number of nitrogens with zero attached hydrogens (tertiary/aromatic N) is 2. The van der Waals surface area contributed by atoms with Crippen LogP contribution in [0.25, 0.3) is 0 Å². The first kappa shape index (κ1) is 17.0. The summed E-state index contributed by atoms with van der Waals surface area (Å²) in [5.74, 6) is -0.450. The van der Waals surface area contributed by atoms with E-state index < -0.39 is 11.7 Å². The third kappa shape index (κ3) is 3.97. The largest absolute Gasteiger partial charge is 0.372 e. The molecule has 1 amide bonds. The molecule has 0 bridgehead atoms. The molecule has 5 heteroatoms. The predicted molar refractivity (Wildman–Crippen MR) is 96.1 cm³/mol. The van der Waals surface area contributed by atoms with Crippen LogP contribution in [0, 0.1) is 23.1 Å². The van der Waals surface area contributed by atoms with Gasteiger partial charge in [-0.05, 0) is 61.2 Å². The van der Waals surface area contributed by atoms with Crippen LogP contribution in [0.3, 0.4) is 0 Å². The monoisotopic (exact) mass is 337 g/mol. The highest BCUT2D eigenvalue weighted by Gasteiger charge is 2.16. The first-order chi connectivity index (χ1) is 12.1. The zero-order chi connectivity index (χ0) is 17.8. The average Bonchev–Trinajstić information content (AvgIpc) is 2.63. The van der Waals surface area contributed by atoms with E-state index in [0.29, 0.717) is 5.69 Å². The molecule has 1 fully saturated rings. The lowest BCUT2D eigenvalue weighted by Gasteiger charge is -2.32. The fourth-order valence-electron chi connectivity index (χ4n) is 2.99. The summed E-state index contributed by atoms with van der Waals surface area (Å²) in [6.07, 6.45) is 2.38. The molecule has 1 aliphatic rings. The SMILES string of the molecule is CC1CCN(c2ccc(NC(=O)c3ccc(C#N)cc3F)cc2)CC1. The molecule has 3 rings (SSSR count). The fraction of sp³-hybridized carbons (Fsp3) is 0.300. The Hall–Kier alpha value is -2.87. The number of amides is 1. The molecule has 2 aromatic rings. The van der Waals surface area contributed by atoms with Gasteiger partial charge in [-0.25, -0.2) is 4.39 Å². The van der Waals surface area contributed by atoms with Gasteiger partial charge in [-0.2, -0.15) is 5.26 Å². The van der Waals surface area contributed by atoms with E-state index >= 15 is 0 Å². The molecule has 0 aliphatic carbocycles. The molecule has 1 aliphatic heterocycles. The Kier molecular flexibility index (Phi) is 4.99. The van der Waals surface area contributed by atoms with Crippen molar-refractivity contribution in [3.8, 4) is 6.07 Å². The zero-order valence-corrected chi connectivity index (χ0v) is 14.1. The van der Waals surface area contributed by atoms with Crippen LogP contribution in [-0.2, 0) is 0 Å². The number of halogens is 1. The highest BCUT2D eigenvalue weighted by molar-refractivity contribution is 6.04. The van der Waals surface area contributed by atoms with Gasteiger partial charge in [0.15, 0.2) is 0 Å². The van der Waals surface area contributed by atoms with Gasteiger partial charge in [0, 0.05) is 24.5 Å². The van der Waals surface area contributed by atoms with Crippen molar-refractivity contribution in [1.29, 1.82) is 5.26 Å². The molecule has 1 saturated heterocycles. The van der Waals surface area contributed by atoms with Crippen molar-refractivity contribution in [1.82, 2.24) is 0 Å². The van der Waals surface area contributed by atoms with Crippen molar-refractivity contribution in [2.45, 2.75) is 19.8 Å². The summed E-state index contributed by atoms with van der Waals surface area (Å²) < 4.78 is 13.9. The molecule has 0 radical (unpaired) electrons. The number of rotatable bonds is 3. The van der Waals surface area contributed by atoms with Gasteiger partial charge in [-0.3, -0.25) is 4.79 Å². The fourth-order valence-corrected chi connectivity index (χ4v) is 2.99. The van der Waals surface area contributed by atoms with E-state index in [0.717, 1.165) is 30.8 Å². The summed E-state index contributed by atoms with van der Waals surface area (Å²) in [7, 11) is 0. The number of piperidine rings is 1. The molecular formula is C20H20FN3O. The Morgan fingerprint density at radius 2 is 1.88 bits per heavy atom. The van der Waals surface area contributed by atoms with E-state index in [2.05, 4.69) is 17.1 Å². The summed E-state index contributed by atoms with van der Waals surface area (Å²) in [6, 6.07) is 13.3. The lowest BCUT2D eigenvalue weighted by Crippen LogP contribution is -2.32. The van der Waals surface area contributed by atoms with Gasteiger partial charge in [0.1, 0.15) is 5.82 Å². The summed E-state index contributed by atoms with van der Waals surface area (Å²) >= 11 is 0. The molecule has 25 heavy (non-hydrogen) atoms. The molecular weight excluding hydrogens is 317 g/mol. The normalized spacial score (nSPS) is 14.8. The summed E-state index contributed by atoms with van der Waals surface area (Å²) in [6.45, 7) is 4.37. The molecule has 0 saturated carbocycles. The van der Waals surface area contributed by atoms with Crippen LogP contribution >= 0.6 is 0 Å². The van der Waals surface area contributed by atoms with Gasteiger partial charge in [0.05, 0.1) is 17.2 Å². The van der Waals surface area contributed by atoms with E-state index in [-0.39, 0.29) is 11.1 Å². The minimum Gasteiger partial charge on any atom is -0.372 e. The van der Waals surface area contributed by atoms with Gasteiger partial charge < -0.3 is 10.2 Å². The smallest absolute Gasteiger partial charge is 0.258 e. The maximum Gasteiger partial charge on any atom is 0.258 e. The zero-order valence-electron chi connectivity index (χ0n) is 14.1. The second kappa shape index (κ2) is 7.35. The molecule has 1 N–H and O–H groups in total. The van der Waals surface area contributed by atoms with Crippen LogP contribution in [0.15, 0.2) is 42.5 Å². The Morgan fingerprint density at radius 1 is 1.20 bits per heavy atom. The Labute approximate surface area is 146 Å². The van der Waals surface area contributed by atoms with Gasteiger partial charge in [-0.1, -0.05) is 6.92 Å². The average molecular weight is 337 g/mol. The molecule has 0 unspecified atom stereocenters. The minimum atomic E-state index is -0.699. The van der Waals surface area contributed by atoms with E-state index in [1.807, 2.05) is 30.3 Å². The van der Waals surface area contributed by atoms with Gasteiger partial charge >= 0.3 is 0 Å². The predicted octanol–water partition coefficient (Wildman–Crippen LogP) is 4.19. The summed E-state index contributed by atoms with van der Waals surface area (Å²) in [5, 5.41) is 11.4. The van der Waals surface area contributed by atoms with E-state index in [1.54, 1.807) is 0 Å². The van der Waals surface area contributed by atoms with E-state index in [1.165, 1.54) is 25.0 Å². The lowest BCUT2D eigenvalue weighted by molar-refractivity contribution is 0.102. The number of nitrogens with one attached hydrogen (secondary N) is 1. The molecule has 2 aromatic carbocycles. The first-order valence-electron chi connectivity index (χ1n) is 8.43. The second-order valence-electron chi connectivity index (χ2n) is 6.48. The summed E-state index contributed by atoms with van der Waals surface area (Å²) in [4.78, 5) is 14.6. The second-order valence-corrected chi connectivity index (χ2v) is 6.48. The highest BCUT2D eigenvalue weighted by Crippen LogP contribution is 2.24. The number of hydrogen-bond acceptors (Lipinski definition) is 3. The molecule has 128 valence electrons. The molecule has 0 aromatic heterocycles. The van der Waals surface area contributed by atoms with Crippen molar-refractivity contribution in [3.05, 3.63) is 59.4 Å². The van der Waals surface area contributed by atoms with Crippen molar-refractivity contribution in [3.63, 3.8) is 0 Å². The number of carbonyl (C=O) groups excluding carboxylic acids is 1. The van der Waals surface area contributed by atoms with Gasteiger partial charge in [0.2, 0.25) is 0 Å². The van der Waals surface area contributed by atoms with E-state index in [9.17, 15) is 9.18 Å².